The summed E-state index contributed by atoms with van der Waals surface area (Å²) in [5.74, 6) is -0.0274. The number of hydrogen-bond acceptors (Lipinski definition) is 2. The van der Waals surface area contributed by atoms with E-state index in [2.05, 4.69) is 32.7 Å². The Morgan fingerprint density at radius 1 is 1.37 bits per heavy atom. The van der Waals surface area contributed by atoms with Crippen LogP contribution in [0, 0.1) is 0 Å². The van der Waals surface area contributed by atoms with Gasteiger partial charge in [-0.15, -0.1) is 11.3 Å². The van der Waals surface area contributed by atoms with E-state index in [9.17, 15) is 4.79 Å². The van der Waals surface area contributed by atoms with Crippen molar-refractivity contribution in [3.05, 3.63) is 56.7 Å². The number of rotatable bonds is 4. The molecular weight excluding hydrogens is 322 g/mol. The van der Waals surface area contributed by atoms with E-state index in [4.69, 9.17) is 0 Å². The summed E-state index contributed by atoms with van der Waals surface area (Å²) < 4.78 is 0.918. The molecule has 1 aromatic carbocycles. The van der Waals surface area contributed by atoms with E-state index < -0.39 is 0 Å². The van der Waals surface area contributed by atoms with Gasteiger partial charge >= 0.3 is 0 Å². The van der Waals surface area contributed by atoms with E-state index in [0.717, 1.165) is 10.9 Å². The molecule has 1 heterocycles. The number of benzene rings is 1. The van der Waals surface area contributed by atoms with E-state index in [1.54, 1.807) is 11.3 Å². The summed E-state index contributed by atoms with van der Waals surface area (Å²) in [4.78, 5) is 13.3. The van der Waals surface area contributed by atoms with Crippen molar-refractivity contribution in [1.29, 1.82) is 0 Å². The van der Waals surface area contributed by atoms with E-state index in [0.29, 0.717) is 5.56 Å². The molecule has 2 rings (SSSR count). The standard InChI is InChI=1S/C14H14BrNOS.CH4/c1-10(8-13-6-3-7-18-13)16-14(17)11-4-2-5-12(15)9-11;/h2-7,9-10H,8H2,1H3,(H,16,17);1H4. The van der Waals surface area contributed by atoms with Gasteiger partial charge in [0.25, 0.3) is 5.91 Å². The first-order chi connectivity index (χ1) is 8.65. The summed E-state index contributed by atoms with van der Waals surface area (Å²) >= 11 is 5.08. The van der Waals surface area contributed by atoms with E-state index in [-0.39, 0.29) is 19.4 Å². The van der Waals surface area contributed by atoms with Crippen LogP contribution in [0.5, 0.6) is 0 Å². The molecule has 19 heavy (non-hydrogen) atoms. The highest BCUT2D eigenvalue weighted by Gasteiger charge is 2.10. The second kappa shape index (κ2) is 7.46. The van der Waals surface area contributed by atoms with Gasteiger partial charge in [-0.3, -0.25) is 4.79 Å². The molecule has 0 bridgehead atoms. The summed E-state index contributed by atoms with van der Waals surface area (Å²) in [5.41, 5.74) is 0.683. The maximum Gasteiger partial charge on any atom is 0.251 e. The van der Waals surface area contributed by atoms with Crippen molar-refractivity contribution in [2.45, 2.75) is 26.8 Å². The van der Waals surface area contributed by atoms with Gasteiger partial charge in [0.05, 0.1) is 0 Å². The molecule has 0 saturated heterocycles. The normalized spacial score (nSPS) is 11.5. The second-order valence-electron chi connectivity index (χ2n) is 4.17. The van der Waals surface area contributed by atoms with Crippen LogP contribution in [0.2, 0.25) is 0 Å². The molecule has 4 heteroatoms. The highest BCUT2D eigenvalue weighted by atomic mass is 79.9. The number of halogens is 1. The average molecular weight is 340 g/mol. The molecule has 1 aromatic heterocycles. The Bertz CT molecular complexity index is 525. The summed E-state index contributed by atoms with van der Waals surface area (Å²) in [6.07, 6.45) is 0.872. The zero-order chi connectivity index (χ0) is 13.0. The summed E-state index contributed by atoms with van der Waals surface area (Å²) in [7, 11) is 0. The van der Waals surface area contributed by atoms with Crippen molar-refractivity contribution in [2.75, 3.05) is 0 Å². The monoisotopic (exact) mass is 339 g/mol. The lowest BCUT2D eigenvalue weighted by Gasteiger charge is -2.13. The van der Waals surface area contributed by atoms with Crippen molar-refractivity contribution in [3.63, 3.8) is 0 Å². The van der Waals surface area contributed by atoms with Gasteiger partial charge in [-0.05, 0) is 36.6 Å². The molecule has 0 radical (unpaired) electrons. The van der Waals surface area contributed by atoms with Crippen molar-refractivity contribution >= 4 is 33.2 Å². The average Bonchev–Trinajstić information content (AvgIpc) is 2.81. The van der Waals surface area contributed by atoms with Crippen LogP contribution in [0.15, 0.2) is 46.3 Å². The maximum atomic E-state index is 12.0. The molecule has 0 fully saturated rings. The molecular formula is C15H18BrNOS. The van der Waals surface area contributed by atoms with Gasteiger partial charge < -0.3 is 5.32 Å². The fourth-order valence-electron chi connectivity index (χ4n) is 1.72. The first-order valence-corrected chi connectivity index (χ1v) is 7.41. The fourth-order valence-corrected chi connectivity index (χ4v) is 2.95. The third-order valence-corrected chi connectivity index (χ3v) is 3.94. The molecule has 2 nitrogen and oxygen atoms in total. The molecule has 1 unspecified atom stereocenters. The Hall–Kier alpha value is -1.13. The molecule has 0 spiro atoms. The van der Waals surface area contributed by atoms with E-state index in [1.165, 1.54) is 4.88 Å². The lowest BCUT2D eigenvalue weighted by molar-refractivity contribution is 0.0940. The number of hydrogen-bond donors (Lipinski definition) is 1. The quantitative estimate of drug-likeness (QED) is 0.872. The number of amides is 1. The molecule has 0 aliphatic heterocycles. The van der Waals surface area contributed by atoms with Crippen LogP contribution in [-0.4, -0.2) is 11.9 Å². The Morgan fingerprint density at radius 3 is 2.79 bits per heavy atom. The molecule has 0 aliphatic carbocycles. The molecule has 0 aliphatic rings. The van der Waals surface area contributed by atoms with E-state index in [1.807, 2.05) is 37.3 Å². The Labute approximate surface area is 127 Å². The van der Waals surface area contributed by atoms with Gasteiger partial charge in [0, 0.05) is 27.4 Å². The van der Waals surface area contributed by atoms with Crippen LogP contribution in [0.1, 0.15) is 29.6 Å². The first-order valence-electron chi connectivity index (χ1n) is 5.74. The largest absolute Gasteiger partial charge is 0.349 e. The van der Waals surface area contributed by atoms with Gasteiger partial charge in [0.15, 0.2) is 0 Å². The van der Waals surface area contributed by atoms with Gasteiger partial charge in [0.1, 0.15) is 0 Å². The third-order valence-electron chi connectivity index (χ3n) is 2.55. The van der Waals surface area contributed by atoms with Gasteiger partial charge in [-0.25, -0.2) is 0 Å². The van der Waals surface area contributed by atoms with Crippen LogP contribution in [0.25, 0.3) is 0 Å². The van der Waals surface area contributed by atoms with Crippen molar-refractivity contribution in [1.82, 2.24) is 5.32 Å². The predicted octanol–water partition coefficient (Wildman–Crippen LogP) is 4.51. The van der Waals surface area contributed by atoms with E-state index >= 15 is 0 Å². The SMILES string of the molecule is C.CC(Cc1cccs1)NC(=O)c1cccc(Br)c1. The summed E-state index contributed by atoms with van der Waals surface area (Å²) in [5, 5.41) is 5.06. The van der Waals surface area contributed by atoms with Crippen molar-refractivity contribution in [2.24, 2.45) is 0 Å². The minimum absolute atomic E-state index is 0. The third kappa shape index (κ3) is 4.80. The second-order valence-corrected chi connectivity index (χ2v) is 6.12. The fraction of sp³-hybridized carbons (Fsp3) is 0.267. The number of carbonyl (C=O) groups excluding carboxylic acids is 1. The smallest absolute Gasteiger partial charge is 0.251 e. The Morgan fingerprint density at radius 2 is 2.16 bits per heavy atom. The minimum atomic E-state index is -0.0274. The molecule has 0 saturated carbocycles. The summed E-state index contributed by atoms with van der Waals surface area (Å²) in [6, 6.07) is 11.7. The van der Waals surface area contributed by atoms with Gasteiger partial charge in [-0.1, -0.05) is 35.5 Å². The van der Waals surface area contributed by atoms with Gasteiger partial charge in [0.2, 0.25) is 0 Å². The lowest BCUT2D eigenvalue weighted by atomic mass is 10.1. The molecule has 1 amide bonds. The Kier molecular flexibility index (Phi) is 6.25. The van der Waals surface area contributed by atoms with Gasteiger partial charge in [-0.2, -0.15) is 0 Å². The highest BCUT2D eigenvalue weighted by Crippen LogP contribution is 2.13. The lowest BCUT2D eigenvalue weighted by Crippen LogP contribution is -2.33. The topological polar surface area (TPSA) is 29.1 Å². The van der Waals surface area contributed by atoms with Crippen LogP contribution < -0.4 is 5.32 Å². The molecule has 1 N–H and O–H groups in total. The predicted molar refractivity (Wildman–Crippen MR) is 85.8 cm³/mol. The number of carbonyl (C=O) groups is 1. The molecule has 2 aromatic rings. The zero-order valence-corrected chi connectivity index (χ0v) is 12.4. The summed E-state index contributed by atoms with van der Waals surface area (Å²) in [6.45, 7) is 2.02. The molecule has 1 atom stereocenters. The highest BCUT2D eigenvalue weighted by molar-refractivity contribution is 9.10. The minimum Gasteiger partial charge on any atom is -0.349 e. The Balaban J connectivity index is 0.00000180. The van der Waals surface area contributed by atoms with Crippen LogP contribution >= 0.6 is 27.3 Å². The van der Waals surface area contributed by atoms with Crippen molar-refractivity contribution < 1.29 is 4.79 Å². The first kappa shape index (κ1) is 15.9. The van der Waals surface area contributed by atoms with Crippen LogP contribution in [0.4, 0.5) is 0 Å². The maximum absolute atomic E-state index is 12.0. The van der Waals surface area contributed by atoms with Crippen LogP contribution in [0.3, 0.4) is 0 Å². The van der Waals surface area contributed by atoms with Crippen LogP contribution in [-0.2, 0) is 6.42 Å². The van der Waals surface area contributed by atoms with Crippen molar-refractivity contribution in [3.8, 4) is 0 Å². The number of nitrogens with one attached hydrogen (secondary N) is 1. The zero-order valence-electron chi connectivity index (χ0n) is 10.0. The number of thiophene rings is 1. The molecule has 102 valence electrons.